The van der Waals surface area contributed by atoms with Crippen molar-refractivity contribution in [1.82, 2.24) is 15.5 Å². The van der Waals surface area contributed by atoms with Crippen molar-refractivity contribution >= 4 is 11.8 Å². The maximum Gasteiger partial charge on any atom is 0.251 e. The first-order valence-corrected chi connectivity index (χ1v) is 9.05. The van der Waals surface area contributed by atoms with Crippen LogP contribution in [-0.4, -0.2) is 48.4 Å². The maximum atomic E-state index is 13.1. The number of hydrogen-bond donors (Lipinski definition) is 2. The average molecular weight is 351 g/mol. The van der Waals surface area contributed by atoms with Gasteiger partial charge in [-0.15, -0.1) is 0 Å². The molecular weight excluding hydrogens is 326 g/mol. The third-order valence-electron chi connectivity index (χ3n) is 4.60. The van der Waals surface area contributed by atoms with E-state index in [2.05, 4.69) is 17.6 Å². The van der Waals surface area contributed by atoms with Gasteiger partial charge in [-0.3, -0.25) is 9.59 Å². The number of benzene rings is 2. The highest BCUT2D eigenvalue weighted by molar-refractivity contribution is 5.97. The zero-order chi connectivity index (χ0) is 18.4. The topological polar surface area (TPSA) is 61.4 Å². The van der Waals surface area contributed by atoms with Gasteiger partial charge in [0.1, 0.15) is 6.04 Å². The summed E-state index contributed by atoms with van der Waals surface area (Å²) in [7, 11) is 0. The molecule has 1 fully saturated rings. The summed E-state index contributed by atoms with van der Waals surface area (Å²) >= 11 is 0. The molecule has 1 aliphatic heterocycles. The zero-order valence-corrected chi connectivity index (χ0v) is 15.0. The van der Waals surface area contributed by atoms with Gasteiger partial charge in [-0.05, 0) is 24.6 Å². The Morgan fingerprint density at radius 2 is 1.77 bits per heavy atom. The molecule has 1 heterocycles. The monoisotopic (exact) mass is 351 g/mol. The van der Waals surface area contributed by atoms with E-state index in [1.165, 1.54) is 0 Å². The highest BCUT2D eigenvalue weighted by atomic mass is 16.2. The van der Waals surface area contributed by atoms with Crippen molar-refractivity contribution < 1.29 is 9.59 Å². The van der Waals surface area contributed by atoms with E-state index in [0.717, 1.165) is 12.1 Å². The molecule has 0 aliphatic carbocycles. The Labute approximate surface area is 154 Å². The Hall–Kier alpha value is -2.66. The van der Waals surface area contributed by atoms with Gasteiger partial charge in [0, 0.05) is 37.7 Å². The molecule has 0 radical (unpaired) electrons. The van der Waals surface area contributed by atoms with Gasteiger partial charge in [0.2, 0.25) is 5.91 Å². The molecule has 2 N–H and O–H groups in total. The first-order valence-electron chi connectivity index (χ1n) is 9.05. The molecule has 0 bridgehead atoms. The van der Waals surface area contributed by atoms with Crippen LogP contribution >= 0.6 is 0 Å². The minimum atomic E-state index is -0.574. The van der Waals surface area contributed by atoms with Crippen LogP contribution in [0, 0.1) is 0 Å². The Kier molecular flexibility index (Phi) is 6.02. The Morgan fingerprint density at radius 3 is 2.42 bits per heavy atom. The molecule has 1 aliphatic rings. The van der Waals surface area contributed by atoms with Crippen molar-refractivity contribution in [2.24, 2.45) is 0 Å². The van der Waals surface area contributed by atoms with Crippen molar-refractivity contribution in [3.63, 3.8) is 0 Å². The molecule has 0 aromatic heterocycles. The van der Waals surface area contributed by atoms with E-state index in [1.54, 1.807) is 12.1 Å². The van der Waals surface area contributed by atoms with E-state index in [1.807, 2.05) is 53.4 Å². The van der Waals surface area contributed by atoms with E-state index in [9.17, 15) is 9.59 Å². The minimum Gasteiger partial charge on any atom is -0.340 e. The molecular formula is C21H25N3O2. The Balaban J connectivity index is 1.76. The number of amides is 2. The van der Waals surface area contributed by atoms with Gasteiger partial charge in [0.25, 0.3) is 5.91 Å². The van der Waals surface area contributed by atoms with E-state index >= 15 is 0 Å². The molecule has 2 aromatic rings. The molecule has 2 unspecified atom stereocenters. The summed E-state index contributed by atoms with van der Waals surface area (Å²) in [5.74, 6) is -0.241. The molecule has 2 aromatic carbocycles. The van der Waals surface area contributed by atoms with Gasteiger partial charge in [0.15, 0.2) is 0 Å². The van der Waals surface area contributed by atoms with Crippen molar-refractivity contribution in [3.05, 3.63) is 71.8 Å². The molecule has 2 atom stereocenters. The molecule has 0 saturated carbocycles. The van der Waals surface area contributed by atoms with Gasteiger partial charge in [-0.25, -0.2) is 0 Å². The fourth-order valence-corrected chi connectivity index (χ4v) is 3.23. The normalized spacial score (nSPS) is 18.2. The van der Waals surface area contributed by atoms with Crippen molar-refractivity contribution in [2.75, 3.05) is 19.6 Å². The third kappa shape index (κ3) is 4.70. The van der Waals surface area contributed by atoms with Gasteiger partial charge in [0.05, 0.1) is 0 Å². The minimum absolute atomic E-state index is 0.0218. The van der Waals surface area contributed by atoms with E-state index in [4.69, 9.17) is 0 Å². The second-order valence-corrected chi connectivity index (χ2v) is 6.72. The lowest BCUT2D eigenvalue weighted by Crippen LogP contribution is -2.57. The smallest absolute Gasteiger partial charge is 0.251 e. The first kappa shape index (κ1) is 18.1. The lowest BCUT2D eigenvalue weighted by Gasteiger charge is -2.34. The van der Waals surface area contributed by atoms with Crippen LogP contribution in [0.15, 0.2) is 60.7 Å². The lowest BCUT2D eigenvalue weighted by molar-refractivity contribution is -0.134. The fraction of sp³-hybridized carbons (Fsp3) is 0.333. The number of hydrogen-bond acceptors (Lipinski definition) is 3. The molecule has 5 nitrogen and oxygen atoms in total. The molecule has 5 heteroatoms. The summed E-state index contributed by atoms with van der Waals surface area (Å²) in [6.45, 7) is 4.16. The number of nitrogens with one attached hydrogen (secondary N) is 2. The Morgan fingerprint density at radius 1 is 1.12 bits per heavy atom. The number of rotatable bonds is 5. The molecule has 1 saturated heterocycles. The SMILES string of the molecule is CC1CN(C(=O)C(Cc2ccccc2)NC(=O)c2ccccc2)CCN1. The standard InChI is InChI=1S/C21H25N3O2/c1-16-15-24(13-12-22-16)21(26)19(14-17-8-4-2-5-9-17)23-20(25)18-10-6-3-7-11-18/h2-11,16,19,22H,12-15H2,1H3,(H,23,25). The van der Waals surface area contributed by atoms with Crippen LogP contribution in [0.5, 0.6) is 0 Å². The van der Waals surface area contributed by atoms with Gasteiger partial charge >= 0.3 is 0 Å². The largest absolute Gasteiger partial charge is 0.340 e. The van der Waals surface area contributed by atoms with E-state index < -0.39 is 6.04 Å². The molecule has 3 rings (SSSR count). The summed E-state index contributed by atoms with van der Waals surface area (Å²) in [5.41, 5.74) is 1.59. The molecule has 136 valence electrons. The summed E-state index contributed by atoms with van der Waals surface area (Å²) < 4.78 is 0. The van der Waals surface area contributed by atoms with Crippen LogP contribution in [-0.2, 0) is 11.2 Å². The van der Waals surface area contributed by atoms with Crippen LogP contribution < -0.4 is 10.6 Å². The third-order valence-corrected chi connectivity index (χ3v) is 4.60. The maximum absolute atomic E-state index is 13.1. The van der Waals surface area contributed by atoms with Crippen LogP contribution in [0.4, 0.5) is 0 Å². The van der Waals surface area contributed by atoms with Crippen LogP contribution in [0.3, 0.4) is 0 Å². The first-order chi connectivity index (χ1) is 12.6. The summed E-state index contributed by atoms with van der Waals surface area (Å²) in [6.07, 6.45) is 0.483. The number of carbonyl (C=O) groups excluding carboxylic acids is 2. The molecule has 26 heavy (non-hydrogen) atoms. The van der Waals surface area contributed by atoms with Crippen LogP contribution in [0.2, 0.25) is 0 Å². The highest BCUT2D eigenvalue weighted by Crippen LogP contribution is 2.10. The lowest BCUT2D eigenvalue weighted by atomic mass is 10.0. The Bertz CT molecular complexity index is 733. The summed E-state index contributed by atoms with van der Waals surface area (Å²) in [4.78, 5) is 27.5. The zero-order valence-electron chi connectivity index (χ0n) is 15.0. The van der Waals surface area contributed by atoms with E-state index in [-0.39, 0.29) is 17.9 Å². The number of nitrogens with zero attached hydrogens (tertiary/aromatic N) is 1. The fourth-order valence-electron chi connectivity index (χ4n) is 3.23. The number of carbonyl (C=O) groups is 2. The summed E-state index contributed by atoms with van der Waals surface area (Å²) in [6, 6.07) is 18.5. The van der Waals surface area contributed by atoms with Gasteiger partial charge < -0.3 is 15.5 Å². The van der Waals surface area contributed by atoms with Crippen molar-refractivity contribution in [1.29, 1.82) is 0 Å². The molecule has 0 spiro atoms. The number of piperazine rings is 1. The average Bonchev–Trinajstić information content (AvgIpc) is 2.68. The second-order valence-electron chi connectivity index (χ2n) is 6.72. The van der Waals surface area contributed by atoms with E-state index in [0.29, 0.717) is 25.1 Å². The predicted molar refractivity (Wildman–Crippen MR) is 102 cm³/mol. The molecule has 2 amide bonds. The van der Waals surface area contributed by atoms with Gasteiger partial charge in [-0.1, -0.05) is 48.5 Å². The van der Waals surface area contributed by atoms with Crippen LogP contribution in [0.1, 0.15) is 22.8 Å². The van der Waals surface area contributed by atoms with Gasteiger partial charge in [-0.2, -0.15) is 0 Å². The predicted octanol–water partition coefficient (Wildman–Crippen LogP) is 1.85. The summed E-state index contributed by atoms with van der Waals surface area (Å²) in [5, 5.41) is 6.28. The quantitative estimate of drug-likeness (QED) is 0.864. The second kappa shape index (κ2) is 8.63. The van der Waals surface area contributed by atoms with Crippen molar-refractivity contribution in [2.45, 2.75) is 25.4 Å². The van der Waals surface area contributed by atoms with Crippen molar-refractivity contribution in [3.8, 4) is 0 Å². The van der Waals surface area contributed by atoms with Crippen LogP contribution in [0.25, 0.3) is 0 Å². The highest BCUT2D eigenvalue weighted by Gasteiger charge is 2.29.